The zero-order valence-electron chi connectivity index (χ0n) is 4.48. The van der Waals surface area contributed by atoms with Crippen LogP contribution in [0, 0.1) is 5.92 Å². The van der Waals surface area contributed by atoms with Crippen molar-refractivity contribution < 1.29 is 4.79 Å². The van der Waals surface area contributed by atoms with Gasteiger partial charge in [0.1, 0.15) is 0 Å². The lowest BCUT2D eigenvalue weighted by molar-refractivity contribution is -0.123. The van der Waals surface area contributed by atoms with Gasteiger partial charge in [-0.15, -0.1) is 0 Å². The van der Waals surface area contributed by atoms with Crippen molar-refractivity contribution in [2.45, 2.75) is 12.5 Å². The summed E-state index contributed by atoms with van der Waals surface area (Å²) in [7, 11) is 0. The molecule has 8 heavy (non-hydrogen) atoms. The largest absolute Gasteiger partial charge is 0.343 e. The van der Waals surface area contributed by atoms with Crippen molar-refractivity contribution in [3.63, 3.8) is 0 Å². The van der Waals surface area contributed by atoms with E-state index in [1.165, 1.54) is 0 Å². The second kappa shape index (κ2) is 1.23. The lowest BCUT2D eigenvalue weighted by Crippen LogP contribution is -2.42. The molecule has 1 heterocycles. The predicted octanol–water partition coefficient (Wildman–Crippen LogP) is -0.948. The van der Waals surface area contributed by atoms with Crippen LogP contribution in [0.5, 0.6) is 0 Å². The van der Waals surface area contributed by atoms with Crippen molar-refractivity contribution in [2.75, 3.05) is 6.67 Å². The average Bonchev–Trinajstić information content (AvgIpc) is 2.45. The second-order valence-corrected chi connectivity index (χ2v) is 2.37. The summed E-state index contributed by atoms with van der Waals surface area (Å²) in [6.45, 7) is 0.667. The van der Waals surface area contributed by atoms with Crippen LogP contribution in [0.4, 0.5) is 0 Å². The molecule has 0 spiro atoms. The van der Waals surface area contributed by atoms with E-state index in [0.29, 0.717) is 18.6 Å². The van der Waals surface area contributed by atoms with Gasteiger partial charge in [-0.25, -0.2) is 0 Å². The van der Waals surface area contributed by atoms with Crippen molar-refractivity contribution >= 4 is 5.91 Å². The number of carbonyl (C=O) groups is 1. The number of hydrogen-bond acceptors (Lipinski definition) is 2. The summed E-state index contributed by atoms with van der Waals surface area (Å²) in [6, 6.07) is 0.517. The van der Waals surface area contributed by atoms with Gasteiger partial charge in [-0.05, 0) is 6.42 Å². The summed E-state index contributed by atoms with van der Waals surface area (Å²) in [6.07, 6.45) is 1.05. The van der Waals surface area contributed by atoms with E-state index in [9.17, 15) is 4.79 Å². The van der Waals surface area contributed by atoms with Crippen molar-refractivity contribution in [1.82, 2.24) is 10.6 Å². The maximum absolute atomic E-state index is 10.7. The molecular weight excluding hydrogens is 104 g/mol. The summed E-state index contributed by atoms with van der Waals surface area (Å²) >= 11 is 0. The van der Waals surface area contributed by atoms with Crippen molar-refractivity contribution in [1.29, 1.82) is 0 Å². The molecule has 1 aliphatic carbocycles. The third-order valence-electron chi connectivity index (χ3n) is 1.75. The molecule has 2 N–H and O–H groups in total. The summed E-state index contributed by atoms with van der Waals surface area (Å²) in [5, 5.41) is 5.88. The first-order chi connectivity index (χ1) is 3.88. The van der Waals surface area contributed by atoms with E-state index in [-0.39, 0.29) is 5.91 Å². The lowest BCUT2D eigenvalue weighted by atomic mass is 10.3. The Labute approximate surface area is 47.4 Å². The summed E-state index contributed by atoms with van der Waals surface area (Å²) in [5.41, 5.74) is 0. The minimum Gasteiger partial charge on any atom is -0.343 e. The monoisotopic (exact) mass is 112 g/mol. The highest BCUT2D eigenvalue weighted by Crippen LogP contribution is 2.31. The van der Waals surface area contributed by atoms with Gasteiger partial charge in [0.05, 0.1) is 12.6 Å². The van der Waals surface area contributed by atoms with Gasteiger partial charge in [0.2, 0.25) is 5.91 Å². The molecule has 2 unspecified atom stereocenters. The summed E-state index contributed by atoms with van der Waals surface area (Å²) < 4.78 is 0. The highest BCUT2D eigenvalue weighted by Gasteiger charge is 2.44. The maximum Gasteiger partial charge on any atom is 0.225 e. The molecule has 2 rings (SSSR count). The Morgan fingerprint density at radius 1 is 1.62 bits per heavy atom. The summed E-state index contributed by atoms with van der Waals surface area (Å²) in [5.74, 6) is 0.539. The van der Waals surface area contributed by atoms with E-state index in [4.69, 9.17) is 0 Å². The van der Waals surface area contributed by atoms with Crippen LogP contribution in [0.25, 0.3) is 0 Å². The van der Waals surface area contributed by atoms with Crippen LogP contribution in [0.2, 0.25) is 0 Å². The van der Waals surface area contributed by atoms with Crippen molar-refractivity contribution in [2.24, 2.45) is 5.92 Å². The zero-order valence-corrected chi connectivity index (χ0v) is 4.48. The first-order valence-electron chi connectivity index (χ1n) is 2.89. The van der Waals surface area contributed by atoms with E-state index in [1.54, 1.807) is 0 Å². The molecule has 0 bridgehead atoms. The van der Waals surface area contributed by atoms with Crippen LogP contribution >= 0.6 is 0 Å². The van der Waals surface area contributed by atoms with Crippen LogP contribution in [0.15, 0.2) is 0 Å². The van der Waals surface area contributed by atoms with E-state index < -0.39 is 0 Å². The third kappa shape index (κ3) is 0.448. The number of nitrogens with one attached hydrogen (secondary N) is 2. The Morgan fingerprint density at radius 3 is 3.12 bits per heavy atom. The van der Waals surface area contributed by atoms with Gasteiger partial charge in [0, 0.05) is 6.04 Å². The van der Waals surface area contributed by atoms with Crippen LogP contribution in [-0.4, -0.2) is 18.6 Å². The number of amides is 1. The lowest BCUT2D eigenvalue weighted by Gasteiger charge is -2.10. The van der Waals surface area contributed by atoms with E-state index >= 15 is 0 Å². The highest BCUT2D eigenvalue weighted by molar-refractivity contribution is 5.83. The molecule has 2 atom stereocenters. The number of carbonyl (C=O) groups excluding carboxylic acids is 1. The fourth-order valence-electron chi connectivity index (χ4n) is 1.11. The Bertz CT molecular complexity index is 134. The van der Waals surface area contributed by atoms with Gasteiger partial charge in [-0.2, -0.15) is 0 Å². The van der Waals surface area contributed by atoms with Crippen LogP contribution in [0.1, 0.15) is 6.42 Å². The minimum atomic E-state index is 0.230. The average molecular weight is 112 g/mol. The molecule has 1 aliphatic heterocycles. The Balaban J connectivity index is 2.08. The molecule has 0 aromatic heterocycles. The Kier molecular flexibility index (Phi) is 0.663. The fourth-order valence-corrected chi connectivity index (χ4v) is 1.11. The molecule has 1 saturated carbocycles. The topological polar surface area (TPSA) is 41.1 Å². The van der Waals surface area contributed by atoms with Crippen molar-refractivity contribution in [3.8, 4) is 0 Å². The number of hydrogen-bond donors (Lipinski definition) is 2. The molecule has 0 aromatic rings. The second-order valence-electron chi connectivity index (χ2n) is 2.37. The first-order valence-corrected chi connectivity index (χ1v) is 2.89. The van der Waals surface area contributed by atoms with Gasteiger partial charge >= 0.3 is 0 Å². The van der Waals surface area contributed by atoms with E-state index in [0.717, 1.165) is 6.42 Å². The van der Waals surface area contributed by atoms with Gasteiger partial charge in [-0.1, -0.05) is 0 Å². The normalized spacial score (nSPS) is 42.8. The molecule has 1 amide bonds. The first kappa shape index (κ1) is 4.32. The molecule has 0 aromatic carbocycles. The molecule has 1 saturated heterocycles. The van der Waals surface area contributed by atoms with E-state index in [1.807, 2.05) is 0 Å². The number of fused-ring (bicyclic) bond motifs is 1. The maximum atomic E-state index is 10.7. The standard InChI is InChI=1S/C5H8N2O/c8-5-3-1-4(3)6-2-7-5/h3-4,6H,1-2H2,(H,7,8). The molecule has 2 fully saturated rings. The van der Waals surface area contributed by atoms with Crippen LogP contribution in [0.3, 0.4) is 0 Å². The van der Waals surface area contributed by atoms with Gasteiger partial charge in [0.25, 0.3) is 0 Å². The van der Waals surface area contributed by atoms with Crippen LogP contribution < -0.4 is 10.6 Å². The Hall–Kier alpha value is -0.570. The fraction of sp³-hybridized carbons (Fsp3) is 0.800. The number of rotatable bonds is 0. The molecule has 44 valence electrons. The minimum absolute atomic E-state index is 0.230. The molecular formula is C5H8N2O. The van der Waals surface area contributed by atoms with E-state index in [2.05, 4.69) is 10.6 Å². The van der Waals surface area contributed by atoms with Gasteiger partial charge < -0.3 is 5.32 Å². The van der Waals surface area contributed by atoms with Crippen molar-refractivity contribution in [3.05, 3.63) is 0 Å². The molecule has 2 aliphatic rings. The predicted molar refractivity (Wildman–Crippen MR) is 28.0 cm³/mol. The quantitative estimate of drug-likeness (QED) is 0.424. The SMILES string of the molecule is O=C1NCNC2CC12. The van der Waals surface area contributed by atoms with Gasteiger partial charge in [0.15, 0.2) is 0 Å². The Morgan fingerprint density at radius 2 is 2.50 bits per heavy atom. The summed E-state index contributed by atoms with van der Waals surface area (Å²) in [4.78, 5) is 10.7. The highest BCUT2D eigenvalue weighted by atomic mass is 16.2. The smallest absolute Gasteiger partial charge is 0.225 e. The molecule has 3 nitrogen and oxygen atoms in total. The molecule has 0 radical (unpaired) electrons. The third-order valence-corrected chi connectivity index (χ3v) is 1.75. The zero-order chi connectivity index (χ0) is 5.56. The van der Waals surface area contributed by atoms with Crippen LogP contribution in [-0.2, 0) is 4.79 Å². The van der Waals surface area contributed by atoms with Gasteiger partial charge in [-0.3, -0.25) is 10.1 Å². The molecule has 3 heteroatoms.